The molecule has 0 saturated heterocycles. The van der Waals surface area contributed by atoms with E-state index in [1.807, 2.05) is 6.07 Å². The number of fused-ring (bicyclic) bond motifs is 2. The van der Waals surface area contributed by atoms with Crippen molar-refractivity contribution in [2.75, 3.05) is 7.11 Å². The SMILES string of the molecule is C=CCC(F)(F)Cn1c(-c2nc3cc(C(=O)OC(C)C)cc(OC)c3n2C)cc2ccc([C@@H](C)N)nc21. The lowest BCUT2D eigenvalue weighted by atomic mass is 10.2. The molecule has 0 unspecified atom stereocenters. The average Bonchev–Trinajstić information content (AvgIpc) is 3.34. The quantitative estimate of drug-likeness (QED) is 0.239. The minimum atomic E-state index is -3.06. The number of ether oxygens (including phenoxy) is 2. The van der Waals surface area contributed by atoms with E-state index in [9.17, 15) is 13.6 Å². The molecule has 0 fully saturated rings. The van der Waals surface area contributed by atoms with Crippen LogP contribution in [0.4, 0.5) is 8.78 Å². The molecule has 0 amide bonds. The minimum absolute atomic E-state index is 0.281. The van der Waals surface area contributed by atoms with Crippen LogP contribution >= 0.6 is 0 Å². The van der Waals surface area contributed by atoms with E-state index in [1.54, 1.807) is 56.7 Å². The van der Waals surface area contributed by atoms with Gasteiger partial charge in [-0.1, -0.05) is 6.08 Å². The zero-order chi connectivity index (χ0) is 27.1. The monoisotopic (exact) mass is 511 g/mol. The molecule has 3 aromatic heterocycles. The number of benzene rings is 1. The Morgan fingerprint density at radius 1 is 1.22 bits per heavy atom. The fraction of sp³-hybridized carbons (Fsp3) is 0.370. The van der Waals surface area contributed by atoms with Crippen molar-refractivity contribution in [3.05, 3.63) is 54.2 Å². The van der Waals surface area contributed by atoms with Crippen LogP contribution in [0.15, 0.2) is 43.0 Å². The van der Waals surface area contributed by atoms with Crippen LogP contribution in [0.25, 0.3) is 33.6 Å². The van der Waals surface area contributed by atoms with Gasteiger partial charge in [0.2, 0.25) is 0 Å². The van der Waals surface area contributed by atoms with Crippen LogP contribution in [0.2, 0.25) is 0 Å². The maximum atomic E-state index is 14.9. The number of allylic oxidation sites excluding steroid dienone is 1. The lowest BCUT2D eigenvalue weighted by molar-refractivity contribution is -0.0117. The molecule has 0 aliphatic rings. The largest absolute Gasteiger partial charge is 0.494 e. The van der Waals surface area contributed by atoms with Gasteiger partial charge in [-0.05, 0) is 51.1 Å². The lowest BCUT2D eigenvalue weighted by Gasteiger charge is -2.18. The average molecular weight is 512 g/mol. The van der Waals surface area contributed by atoms with E-state index in [2.05, 4.69) is 11.6 Å². The molecule has 4 rings (SSSR count). The molecule has 10 heteroatoms. The molecule has 0 saturated carbocycles. The summed E-state index contributed by atoms with van der Waals surface area (Å²) >= 11 is 0. The molecule has 0 radical (unpaired) electrons. The number of aryl methyl sites for hydroxylation is 1. The first-order chi connectivity index (χ1) is 17.5. The number of aromatic nitrogens is 4. The summed E-state index contributed by atoms with van der Waals surface area (Å²) < 4.78 is 43.9. The van der Waals surface area contributed by atoms with E-state index in [0.29, 0.717) is 45.0 Å². The number of nitrogens with zero attached hydrogens (tertiary/aromatic N) is 4. The van der Waals surface area contributed by atoms with Gasteiger partial charge in [0.25, 0.3) is 5.92 Å². The molecule has 1 aromatic carbocycles. The number of methoxy groups -OCH3 is 1. The van der Waals surface area contributed by atoms with Gasteiger partial charge >= 0.3 is 5.97 Å². The van der Waals surface area contributed by atoms with E-state index in [0.717, 1.165) is 0 Å². The molecule has 37 heavy (non-hydrogen) atoms. The Labute approximate surface area is 213 Å². The molecule has 8 nitrogen and oxygen atoms in total. The lowest BCUT2D eigenvalue weighted by Crippen LogP contribution is -2.24. The molecular weight excluding hydrogens is 480 g/mol. The highest BCUT2D eigenvalue weighted by molar-refractivity contribution is 5.97. The maximum absolute atomic E-state index is 14.9. The number of hydrogen-bond acceptors (Lipinski definition) is 6. The van der Waals surface area contributed by atoms with E-state index in [4.69, 9.17) is 20.2 Å². The summed E-state index contributed by atoms with van der Waals surface area (Å²) in [5, 5.41) is 0.675. The standard InChI is InChI=1S/C27H31F2N5O3/c1-7-10-27(28,29)14-34-21(12-17-8-9-19(16(4)30)31-24(17)34)25-32-20-11-18(26(35)37-15(2)3)13-22(36-6)23(20)33(25)5/h7-9,11-13,15-16H,1,10,14,30H2,2-6H3/t16-/m1/s1. The zero-order valence-corrected chi connectivity index (χ0v) is 21.6. The Morgan fingerprint density at radius 2 is 1.95 bits per heavy atom. The van der Waals surface area contributed by atoms with Gasteiger partial charge in [-0.25, -0.2) is 23.5 Å². The summed E-state index contributed by atoms with van der Waals surface area (Å²) in [5.41, 5.74) is 8.79. The van der Waals surface area contributed by atoms with Crippen LogP contribution in [0, 0.1) is 0 Å². The van der Waals surface area contributed by atoms with Crippen LogP contribution in [0.5, 0.6) is 5.75 Å². The number of carbonyl (C=O) groups is 1. The van der Waals surface area contributed by atoms with Crippen LogP contribution in [-0.2, 0) is 18.3 Å². The number of pyridine rings is 1. The third kappa shape index (κ3) is 5.06. The molecule has 0 bridgehead atoms. The van der Waals surface area contributed by atoms with Crippen LogP contribution in [0.3, 0.4) is 0 Å². The smallest absolute Gasteiger partial charge is 0.338 e. The third-order valence-electron chi connectivity index (χ3n) is 6.03. The Balaban J connectivity index is 1.96. The van der Waals surface area contributed by atoms with Gasteiger partial charge in [0.1, 0.15) is 16.9 Å². The molecule has 3 heterocycles. The second-order valence-corrected chi connectivity index (χ2v) is 9.40. The highest BCUT2D eigenvalue weighted by Gasteiger charge is 2.31. The number of esters is 1. The highest BCUT2D eigenvalue weighted by atomic mass is 19.3. The highest BCUT2D eigenvalue weighted by Crippen LogP contribution is 2.36. The molecule has 2 N–H and O–H groups in total. The molecule has 196 valence electrons. The Bertz CT molecular complexity index is 1490. The van der Waals surface area contributed by atoms with Gasteiger partial charge in [0.15, 0.2) is 5.82 Å². The van der Waals surface area contributed by atoms with Crippen molar-refractivity contribution in [2.24, 2.45) is 12.8 Å². The number of halogens is 2. The van der Waals surface area contributed by atoms with Crippen molar-refractivity contribution in [1.82, 2.24) is 19.1 Å². The van der Waals surface area contributed by atoms with E-state index >= 15 is 0 Å². The van der Waals surface area contributed by atoms with Gasteiger partial charge < -0.3 is 24.3 Å². The molecule has 0 aliphatic heterocycles. The fourth-order valence-electron chi connectivity index (χ4n) is 4.34. The Kier molecular flexibility index (Phi) is 7.05. The first-order valence-corrected chi connectivity index (χ1v) is 12.0. The summed E-state index contributed by atoms with van der Waals surface area (Å²) in [6.45, 7) is 8.15. The molecule has 0 spiro atoms. The van der Waals surface area contributed by atoms with E-state index < -0.39 is 24.9 Å². The van der Waals surface area contributed by atoms with Crippen LogP contribution < -0.4 is 10.5 Å². The Hall–Kier alpha value is -3.79. The molecule has 0 aliphatic carbocycles. The van der Waals surface area contributed by atoms with Gasteiger partial charge in [-0.3, -0.25) is 0 Å². The summed E-state index contributed by atoms with van der Waals surface area (Å²) in [7, 11) is 3.26. The number of rotatable bonds is 9. The van der Waals surface area contributed by atoms with Crippen molar-refractivity contribution in [1.29, 1.82) is 0 Å². The fourth-order valence-corrected chi connectivity index (χ4v) is 4.34. The summed E-state index contributed by atoms with van der Waals surface area (Å²) in [4.78, 5) is 21.9. The number of hydrogen-bond donors (Lipinski definition) is 1. The Morgan fingerprint density at radius 3 is 2.57 bits per heavy atom. The number of alkyl halides is 2. The first kappa shape index (κ1) is 26.3. The van der Waals surface area contributed by atoms with Crippen LogP contribution in [0.1, 0.15) is 49.3 Å². The normalized spacial score (nSPS) is 12.9. The number of imidazole rings is 1. The van der Waals surface area contributed by atoms with Gasteiger partial charge in [0.05, 0.1) is 42.2 Å². The summed E-state index contributed by atoms with van der Waals surface area (Å²) in [6, 6.07) is 8.21. The predicted molar refractivity (Wildman–Crippen MR) is 139 cm³/mol. The molecular formula is C27H31F2N5O3. The van der Waals surface area contributed by atoms with Crippen LogP contribution in [-0.4, -0.2) is 44.2 Å². The van der Waals surface area contributed by atoms with Crippen molar-refractivity contribution >= 4 is 28.0 Å². The zero-order valence-electron chi connectivity index (χ0n) is 21.6. The van der Waals surface area contributed by atoms with Gasteiger partial charge in [-0.2, -0.15) is 0 Å². The van der Waals surface area contributed by atoms with Crippen molar-refractivity contribution in [3.63, 3.8) is 0 Å². The minimum Gasteiger partial charge on any atom is -0.494 e. The van der Waals surface area contributed by atoms with E-state index in [-0.39, 0.29) is 17.7 Å². The van der Waals surface area contributed by atoms with Crippen molar-refractivity contribution < 1.29 is 23.0 Å². The van der Waals surface area contributed by atoms with Crippen molar-refractivity contribution in [2.45, 2.75) is 51.8 Å². The first-order valence-electron chi connectivity index (χ1n) is 12.0. The van der Waals surface area contributed by atoms with Crippen molar-refractivity contribution in [3.8, 4) is 17.3 Å². The second-order valence-electron chi connectivity index (χ2n) is 9.40. The predicted octanol–water partition coefficient (Wildman–Crippen LogP) is 5.39. The number of carbonyl (C=O) groups excluding carboxylic acids is 1. The summed E-state index contributed by atoms with van der Waals surface area (Å²) in [5.74, 6) is -2.75. The molecule has 1 atom stereocenters. The van der Waals surface area contributed by atoms with E-state index in [1.165, 1.54) is 17.8 Å². The van der Waals surface area contributed by atoms with Gasteiger partial charge in [-0.15, -0.1) is 6.58 Å². The maximum Gasteiger partial charge on any atom is 0.338 e. The number of nitrogens with two attached hydrogens (primary N) is 1. The second kappa shape index (κ2) is 9.93. The van der Waals surface area contributed by atoms with Gasteiger partial charge in [0, 0.05) is 24.9 Å². The molecule has 4 aromatic rings. The summed E-state index contributed by atoms with van der Waals surface area (Å²) in [6.07, 6.45) is 0.413. The topological polar surface area (TPSA) is 97.2 Å². The third-order valence-corrected chi connectivity index (χ3v) is 6.03.